The molecule has 0 unspecified atom stereocenters. The SMILES string of the molecule is O=C(CCC1C(=O)NNC1=O)NCCc1ccccc1. The smallest absolute Gasteiger partial charge is 0.251 e. The molecular weight excluding hydrogens is 258 g/mol. The van der Waals surface area contributed by atoms with E-state index in [-0.39, 0.29) is 30.6 Å². The highest BCUT2D eigenvalue weighted by Crippen LogP contribution is 2.10. The summed E-state index contributed by atoms with van der Waals surface area (Å²) in [5.74, 6) is -1.64. The van der Waals surface area contributed by atoms with Crippen molar-refractivity contribution in [2.75, 3.05) is 6.54 Å². The molecule has 6 heteroatoms. The highest BCUT2D eigenvalue weighted by molar-refractivity contribution is 6.05. The number of nitrogens with one attached hydrogen (secondary N) is 3. The average molecular weight is 275 g/mol. The van der Waals surface area contributed by atoms with E-state index in [2.05, 4.69) is 16.2 Å². The molecule has 3 N–H and O–H groups in total. The molecule has 1 saturated heterocycles. The van der Waals surface area contributed by atoms with Crippen LogP contribution in [0.25, 0.3) is 0 Å². The summed E-state index contributed by atoms with van der Waals surface area (Å²) in [6, 6.07) is 9.85. The van der Waals surface area contributed by atoms with E-state index in [1.165, 1.54) is 0 Å². The van der Waals surface area contributed by atoms with Crippen molar-refractivity contribution in [2.45, 2.75) is 19.3 Å². The van der Waals surface area contributed by atoms with Gasteiger partial charge in [0.25, 0.3) is 11.8 Å². The molecule has 1 aromatic carbocycles. The van der Waals surface area contributed by atoms with Crippen molar-refractivity contribution in [3.8, 4) is 0 Å². The fourth-order valence-electron chi connectivity index (χ4n) is 2.03. The number of carbonyl (C=O) groups excluding carboxylic acids is 3. The van der Waals surface area contributed by atoms with Gasteiger partial charge in [-0.05, 0) is 18.4 Å². The van der Waals surface area contributed by atoms with Crippen molar-refractivity contribution in [2.24, 2.45) is 5.92 Å². The Hall–Kier alpha value is -2.37. The lowest BCUT2D eigenvalue weighted by Crippen LogP contribution is -2.28. The number of hydrazine groups is 1. The Balaban J connectivity index is 1.66. The van der Waals surface area contributed by atoms with Gasteiger partial charge in [0.2, 0.25) is 5.91 Å². The first-order chi connectivity index (χ1) is 9.66. The number of rotatable bonds is 6. The largest absolute Gasteiger partial charge is 0.356 e. The second-order valence-corrected chi connectivity index (χ2v) is 4.66. The molecule has 3 amide bonds. The van der Waals surface area contributed by atoms with Crippen molar-refractivity contribution < 1.29 is 14.4 Å². The first-order valence-corrected chi connectivity index (χ1v) is 6.57. The fraction of sp³-hybridized carbons (Fsp3) is 0.357. The summed E-state index contributed by atoms with van der Waals surface area (Å²) in [4.78, 5) is 34.2. The van der Waals surface area contributed by atoms with Crippen LogP contribution in [0.2, 0.25) is 0 Å². The van der Waals surface area contributed by atoms with Crippen molar-refractivity contribution in [1.82, 2.24) is 16.2 Å². The zero-order valence-corrected chi connectivity index (χ0v) is 11.0. The normalized spacial score (nSPS) is 14.8. The van der Waals surface area contributed by atoms with E-state index in [0.29, 0.717) is 6.54 Å². The van der Waals surface area contributed by atoms with Gasteiger partial charge >= 0.3 is 0 Å². The van der Waals surface area contributed by atoms with Crippen LogP contribution in [0.5, 0.6) is 0 Å². The van der Waals surface area contributed by atoms with Crippen LogP contribution in [0.15, 0.2) is 30.3 Å². The maximum absolute atomic E-state index is 11.6. The van der Waals surface area contributed by atoms with Crippen LogP contribution in [0.1, 0.15) is 18.4 Å². The number of hydrogen-bond donors (Lipinski definition) is 3. The van der Waals surface area contributed by atoms with Crippen molar-refractivity contribution >= 4 is 17.7 Å². The topological polar surface area (TPSA) is 87.3 Å². The average Bonchev–Trinajstić information content (AvgIpc) is 2.77. The van der Waals surface area contributed by atoms with E-state index in [1.807, 2.05) is 30.3 Å². The Morgan fingerprint density at radius 2 is 1.75 bits per heavy atom. The molecule has 0 spiro atoms. The monoisotopic (exact) mass is 275 g/mol. The van der Waals surface area contributed by atoms with Crippen molar-refractivity contribution in [3.05, 3.63) is 35.9 Å². The Bertz CT molecular complexity index is 486. The molecule has 106 valence electrons. The van der Waals surface area contributed by atoms with E-state index in [4.69, 9.17) is 0 Å². The van der Waals surface area contributed by atoms with Crippen LogP contribution in [0.3, 0.4) is 0 Å². The lowest BCUT2D eigenvalue weighted by molar-refractivity contribution is -0.128. The maximum atomic E-state index is 11.6. The minimum atomic E-state index is -0.755. The van der Waals surface area contributed by atoms with Gasteiger partial charge in [0.15, 0.2) is 0 Å². The van der Waals surface area contributed by atoms with Crippen LogP contribution in [0.4, 0.5) is 0 Å². The predicted molar refractivity (Wildman–Crippen MR) is 72.2 cm³/mol. The third-order valence-corrected chi connectivity index (χ3v) is 3.18. The predicted octanol–water partition coefficient (Wildman–Crippen LogP) is -0.0973. The zero-order valence-electron chi connectivity index (χ0n) is 11.0. The molecule has 20 heavy (non-hydrogen) atoms. The van der Waals surface area contributed by atoms with Crippen molar-refractivity contribution in [3.63, 3.8) is 0 Å². The van der Waals surface area contributed by atoms with Gasteiger partial charge in [0.1, 0.15) is 5.92 Å². The van der Waals surface area contributed by atoms with Gasteiger partial charge in [-0.2, -0.15) is 0 Å². The Labute approximate surface area is 116 Å². The summed E-state index contributed by atoms with van der Waals surface area (Å²) in [5.41, 5.74) is 5.63. The molecule has 1 aliphatic rings. The number of carbonyl (C=O) groups is 3. The van der Waals surface area contributed by atoms with Gasteiger partial charge in [-0.15, -0.1) is 0 Å². The molecule has 1 aliphatic heterocycles. The third kappa shape index (κ3) is 3.81. The molecule has 1 heterocycles. The van der Waals surface area contributed by atoms with Crippen LogP contribution in [-0.4, -0.2) is 24.3 Å². The highest BCUT2D eigenvalue weighted by atomic mass is 16.2. The van der Waals surface area contributed by atoms with E-state index in [1.54, 1.807) is 0 Å². The van der Waals surface area contributed by atoms with Crippen LogP contribution in [0, 0.1) is 5.92 Å². The summed E-state index contributed by atoms with van der Waals surface area (Å²) in [7, 11) is 0. The summed E-state index contributed by atoms with van der Waals surface area (Å²) in [6.45, 7) is 0.548. The lowest BCUT2D eigenvalue weighted by atomic mass is 10.0. The molecule has 1 aromatic rings. The zero-order chi connectivity index (χ0) is 14.4. The molecule has 0 aromatic heterocycles. The standard InChI is InChI=1S/C14H17N3O3/c18-12(7-6-11-13(19)16-17-14(11)20)15-9-8-10-4-2-1-3-5-10/h1-5,11H,6-9H2,(H,15,18)(H,16,19)(H,17,20). The number of amides is 3. The molecule has 0 bridgehead atoms. The van der Waals surface area contributed by atoms with Gasteiger partial charge in [0.05, 0.1) is 0 Å². The first-order valence-electron chi connectivity index (χ1n) is 6.57. The van der Waals surface area contributed by atoms with E-state index in [0.717, 1.165) is 12.0 Å². The molecule has 0 atom stereocenters. The maximum Gasteiger partial charge on any atom is 0.251 e. The number of hydrogen-bond acceptors (Lipinski definition) is 3. The minimum Gasteiger partial charge on any atom is -0.356 e. The molecule has 1 fully saturated rings. The second kappa shape index (κ2) is 6.70. The minimum absolute atomic E-state index is 0.145. The molecule has 6 nitrogen and oxygen atoms in total. The van der Waals surface area contributed by atoms with Crippen LogP contribution in [-0.2, 0) is 20.8 Å². The molecule has 2 rings (SSSR count). The van der Waals surface area contributed by atoms with Gasteiger partial charge in [0, 0.05) is 13.0 Å². The summed E-state index contributed by atoms with van der Waals surface area (Å²) in [6.07, 6.45) is 1.16. The Kier molecular flexibility index (Phi) is 4.70. The Morgan fingerprint density at radius 1 is 1.10 bits per heavy atom. The molecule has 0 saturated carbocycles. The second-order valence-electron chi connectivity index (χ2n) is 4.66. The fourth-order valence-corrected chi connectivity index (χ4v) is 2.03. The quantitative estimate of drug-likeness (QED) is 0.634. The van der Waals surface area contributed by atoms with Gasteiger partial charge < -0.3 is 5.32 Å². The van der Waals surface area contributed by atoms with Crippen LogP contribution >= 0.6 is 0 Å². The van der Waals surface area contributed by atoms with Crippen LogP contribution < -0.4 is 16.2 Å². The highest BCUT2D eigenvalue weighted by Gasteiger charge is 2.32. The van der Waals surface area contributed by atoms with E-state index < -0.39 is 5.92 Å². The number of benzene rings is 1. The van der Waals surface area contributed by atoms with E-state index in [9.17, 15) is 14.4 Å². The van der Waals surface area contributed by atoms with E-state index >= 15 is 0 Å². The van der Waals surface area contributed by atoms with Gasteiger partial charge in [-0.1, -0.05) is 30.3 Å². The molecular formula is C14H17N3O3. The summed E-state index contributed by atoms with van der Waals surface area (Å²) >= 11 is 0. The lowest BCUT2D eigenvalue weighted by Gasteiger charge is -2.06. The van der Waals surface area contributed by atoms with Crippen molar-refractivity contribution in [1.29, 1.82) is 0 Å². The summed E-state index contributed by atoms with van der Waals surface area (Å²) in [5, 5.41) is 2.78. The van der Waals surface area contributed by atoms with Gasteiger partial charge in [-0.3, -0.25) is 25.2 Å². The molecule has 0 radical (unpaired) electrons. The van der Waals surface area contributed by atoms with Gasteiger partial charge in [-0.25, -0.2) is 0 Å². The first kappa shape index (κ1) is 14.0. The Morgan fingerprint density at radius 3 is 2.40 bits per heavy atom. The summed E-state index contributed by atoms with van der Waals surface area (Å²) < 4.78 is 0. The third-order valence-electron chi connectivity index (χ3n) is 3.18. The molecule has 0 aliphatic carbocycles.